The van der Waals surface area contributed by atoms with E-state index in [1.54, 1.807) is 48.5 Å². The molecule has 7 nitrogen and oxygen atoms in total. The number of hydrogen-bond donors (Lipinski definition) is 4. The number of carbonyl (C=O) groups excluding carboxylic acids is 2. The number of carbonyl (C=O) groups is 3. The summed E-state index contributed by atoms with van der Waals surface area (Å²) in [5.74, 6) is -2.02. The van der Waals surface area contributed by atoms with E-state index in [1.807, 2.05) is 0 Å². The van der Waals surface area contributed by atoms with Crippen molar-refractivity contribution in [3.63, 3.8) is 0 Å². The highest BCUT2D eigenvalue weighted by Gasteiger charge is 2.12. The summed E-state index contributed by atoms with van der Waals surface area (Å²) in [4.78, 5) is 36.2. The predicted molar refractivity (Wildman–Crippen MR) is 125 cm³/mol. The number of carboxylic acids is 1. The molecule has 32 heavy (non-hydrogen) atoms. The number of aromatic carboxylic acids is 1. The normalized spacial score (nSPS) is 10.4. The Hall–Kier alpha value is -3.49. The van der Waals surface area contributed by atoms with E-state index in [4.69, 9.17) is 16.7 Å². The van der Waals surface area contributed by atoms with Crippen LogP contribution in [0.2, 0.25) is 5.02 Å². The van der Waals surface area contributed by atoms with Gasteiger partial charge in [0.05, 0.1) is 12.2 Å². The summed E-state index contributed by atoms with van der Waals surface area (Å²) in [5.41, 5.74) is 1.49. The molecule has 0 aliphatic rings. The van der Waals surface area contributed by atoms with Crippen molar-refractivity contribution in [2.75, 3.05) is 16.4 Å². The molecule has 0 atom stereocenters. The zero-order chi connectivity index (χ0) is 23.1. The van der Waals surface area contributed by atoms with E-state index in [-0.39, 0.29) is 41.0 Å². The molecule has 0 aliphatic heterocycles. The fourth-order valence-electron chi connectivity index (χ4n) is 2.76. The first-order valence-electron chi connectivity index (χ1n) is 9.43. The summed E-state index contributed by atoms with van der Waals surface area (Å²) in [6, 6.07) is 18.0. The van der Waals surface area contributed by atoms with Crippen LogP contribution < -0.4 is 10.6 Å². The summed E-state index contributed by atoms with van der Waals surface area (Å²) in [6.45, 7) is 0. The Morgan fingerprint density at radius 1 is 0.844 bits per heavy atom. The molecular formula is C23H19ClN2O5S. The van der Waals surface area contributed by atoms with Crippen LogP contribution in [0.25, 0.3) is 0 Å². The minimum atomic E-state index is -1.28. The summed E-state index contributed by atoms with van der Waals surface area (Å²) in [6.07, 6.45) is 0.231. The summed E-state index contributed by atoms with van der Waals surface area (Å²) in [5, 5.41) is 24.6. The lowest BCUT2D eigenvalue weighted by molar-refractivity contribution is -0.115. The van der Waals surface area contributed by atoms with E-state index in [9.17, 15) is 19.5 Å². The molecule has 4 N–H and O–H groups in total. The van der Waals surface area contributed by atoms with Gasteiger partial charge >= 0.3 is 5.97 Å². The molecule has 0 aromatic heterocycles. The van der Waals surface area contributed by atoms with Crippen molar-refractivity contribution in [2.24, 2.45) is 0 Å². The molecule has 0 heterocycles. The van der Waals surface area contributed by atoms with E-state index >= 15 is 0 Å². The standard InChI is InChI=1S/C23H19ClN2O5S/c24-15-3-1-14(2-4-15)11-21(28)25-16-5-8-18(9-6-16)32-13-22(29)26-17-7-10-20(27)19(12-17)23(30)31/h1-10,12,27H,11,13H2,(H,25,28)(H,26,29)(H,30,31). The first-order chi connectivity index (χ1) is 15.3. The number of halogens is 1. The third-order valence-corrected chi connectivity index (χ3v) is 5.56. The van der Waals surface area contributed by atoms with Crippen LogP contribution in [-0.2, 0) is 16.0 Å². The maximum Gasteiger partial charge on any atom is 0.339 e. The number of anilines is 2. The third kappa shape index (κ3) is 6.76. The van der Waals surface area contributed by atoms with Crippen molar-refractivity contribution in [3.8, 4) is 5.75 Å². The van der Waals surface area contributed by atoms with Crippen LogP contribution >= 0.6 is 23.4 Å². The second kappa shape index (κ2) is 10.7. The smallest absolute Gasteiger partial charge is 0.339 e. The van der Waals surface area contributed by atoms with E-state index < -0.39 is 5.97 Å². The molecule has 2 amide bonds. The number of rotatable bonds is 8. The van der Waals surface area contributed by atoms with Crippen molar-refractivity contribution in [3.05, 3.63) is 82.9 Å². The molecule has 3 rings (SSSR count). The first kappa shape index (κ1) is 23.2. The van der Waals surface area contributed by atoms with Gasteiger partial charge in [0.2, 0.25) is 11.8 Å². The quantitative estimate of drug-likeness (QED) is 0.281. The van der Waals surface area contributed by atoms with Crippen LogP contribution in [0.1, 0.15) is 15.9 Å². The van der Waals surface area contributed by atoms with Crippen molar-refractivity contribution in [1.82, 2.24) is 0 Å². The average molecular weight is 471 g/mol. The molecule has 9 heteroatoms. The number of thioether (sulfide) groups is 1. The summed E-state index contributed by atoms with van der Waals surface area (Å²) >= 11 is 7.13. The molecule has 164 valence electrons. The van der Waals surface area contributed by atoms with Crippen LogP contribution in [-0.4, -0.2) is 33.7 Å². The van der Waals surface area contributed by atoms with Gasteiger partial charge in [-0.2, -0.15) is 0 Å². The van der Waals surface area contributed by atoms with E-state index in [0.717, 1.165) is 10.5 Å². The number of nitrogens with one attached hydrogen (secondary N) is 2. The molecule has 0 fully saturated rings. The molecule has 0 bridgehead atoms. The largest absolute Gasteiger partial charge is 0.507 e. The molecule has 0 aliphatic carbocycles. The van der Waals surface area contributed by atoms with Crippen LogP contribution in [0.5, 0.6) is 5.75 Å². The second-order valence-electron chi connectivity index (χ2n) is 6.75. The maximum absolute atomic E-state index is 12.2. The first-order valence-corrected chi connectivity index (χ1v) is 10.8. The number of hydrogen-bond acceptors (Lipinski definition) is 5. The number of aromatic hydroxyl groups is 1. The topological polar surface area (TPSA) is 116 Å². The highest BCUT2D eigenvalue weighted by molar-refractivity contribution is 8.00. The SMILES string of the molecule is O=C(CSc1ccc(NC(=O)Cc2ccc(Cl)cc2)cc1)Nc1ccc(O)c(C(=O)O)c1. The highest BCUT2D eigenvalue weighted by atomic mass is 35.5. The monoisotopic (exact) mass is 470 g/mol. The van der Waals surface area contributed by atoms with Gasteiger partial charge in [0.1, 0.15) is 11.3 Å². The molecule has 3 aromatic rings. The molecule has 0 unspecified atom stereocenters. The maximum atomic E-state index is 12.2. The number of carboxylic acid groups (broad SMARTS) is 1. The predicted octanol–water partition coefficient (Wildman–Crippen LogP) is 4.66. The van der Waals surface area contributed by atoms with E-state index in [0.29, 0.717) is 10.7 Å². The Morgan fingerprint density at radius 2 is 1.47 bits per heavy atom. The lowest BCUT2D eigenvalue weighted by Gasteiger charge is -2.08. The van der Waals surface area contributed by atoms with Crippen molar-refractivity contribution >= 4 is 52.5 Å². The number of amides is 2. The fraction of sp³-hybridized carbons (Fsp3) is 0.0870. The number of phenols is 1. The minimum absolute atomic E-state index is 0.103. The fourth-order valence-corrected chi connectivity index (χ4v) is 3.58. The minimum Gasteiger partial charge on any atom is -0.507 e. The summed E-state index contributed by atoms with van der Waals surface area (Å²) in [7, 11) is 0. The van der Waals surface area contributed by atoms with Crippen molar-refractivity contribution in [2.45, 2.75) is 11.3 Å². The molecule has 0 spiro atoms. The van der Waals surface area contributed by atoms with Crippen LogP contribution in [0.4, 0.5) is 11.4 Å². The van der Waals surface area contributed by atoms with Crippen LogP contribution in [0.15, 0.2) is 71.6 Å². The van der Waals surface area contributed by atoms with Gasteiger partial charge in [-0.05, 0) is 60.2 Å². The Balaban J connectivity index is 1.48. The lowest BCUT2D eigenvalue weighted by atomic mass is 10.1. The Bertz CT molecular complexity index is 1130. The molecule has 0 saturated carbocycles. The van der Waals surface area contributed by atoms with Crippen LogP contribution in [0.3, 0.4) is 0 Å². The van der Waals surface area contributed by atoms with E-state index in [2.05, 4.69) is 10.6 Å². The van der Waals surface area contributed by atoms with E-state index in [1.165, 1.54) is 30.0 Å². The average Bonchev–Trinajstić information content (AvgIpc) is 2.76. The van der Waals surface area contributed by atoms with Gasteiger partial charge in [-0.3, -0.25) is 9.59 Å². The Labute approximate surface area is 193 Å². The summed E-state index contributed by atoms with van der Waals surface area (Å²) < 4.78 is 0. The van der Waals surface area contributed by atoms with Gasteiger partial charge in [-0.25, -0.2) is 4.79 Å². The van der Waals surface area contributed by atoms with Gasteiger partial charge in [0.15, 0.2) is 0 Å². The Morgan fingerprint density at radius 3 is 2.12 bits per heavy atom. The molecule has 0 radical (unpaired) electrons. The number of benzene rings is 3. The molecule has 3 aromatic carbocycles. The van der Waals surface area contributed by atoms with Gasteiger partial charge in [-0.15, -0.1) is 11.8 Å². The molecular weight excluding hydrogens is 452 g/mol. The van der Waals surface area contributed by atoms with Crippen molar-refractivity contribution in [1.29, 1.82) is 0 Å². The third-order valence-electron chi connectivity index (χ3n) is 4.30. The zero-order valence-corrected chi connectivity index (χ0v) is 18.2. The van der Waals surface area contributed by atoms with Crippen LogP contribution in [0, 0.1) is 0 Å². The zero-order valence-electron chi connectivity index (χ0n) is 16.7. The second-order valence-corrected chi connectivity index (χ2v) is 8.23. The highest BCUT2D eigenvalue weighted by Crippen LogP contribution is 2.23. The Kier molecular flexibility index (Phi) is 7.75. The van der Waals surface area contributed by atoms with Gasteiger partial charge in [0, 0.05) is 21.3 Å². The van der Waals surface area contributed by atoms with Gasteiger partial charge in [0.25, 0.3) is 0 Å². The van der Waals surface area contributed by atoms with Crippen molar-refractivity contribution < 1.29 is 24.6 Å². The van der Waals surface area contributed by atoms with Gasteiger partial charge < -0.3 is 20.8 Å². The van der Waals surface area contributed by atoms with Gasteiger partial charge in [-0.1, -0.05) is 23.7 Å². The lowest BCUT2D eigenvalue weighted by Crippen LogP contribution is -2.15. The molecule has 0 saturated heterocycles.